The average molecular weight is 211 g/mol. The van der Waals surface area contributed by atoms with E-state index in [4.69, 9.17) is 4.74 Å². The molecule has 0 bridgehead atoms. The molecular formula is C10H13NO2S. The van der Waals surface area contributed by atoms with Gasteiger partial charge in [-0.3, -0.25) is 9.78 Å². The molecule has 0 aliphatic heterocycles. The molecule has 0 amide bonds. The number of carbonyl (C=O) groups excluding carboxylic acids is 1. The molecule has 0 aromatic carbocycles. The summed E-state index contributed by atoms with van der Waals surface area (Å²) in [5.41, 5.74) is 1.77. The lowest BCUT2D eigenvalue weighted by Gasteiger charge is -2.01. The van der Waals surface area contributed by atoms with Crippen LogP contribution in [0.4, 0.5) is 0 Å². The van der Waals surface area contributed by atoms with E-state index in [1.807, 2.05) is 12.1 Å². The Balaban J connectivity index is 2.55. The normalized spacial score (nSPS) is 9.86. The summed E-state index contributed by atoms with van der Waals surface area (Å²) in [5.74, 6) is 0.422. The van der Waals surface area contributed by atoms with Crippen molar-refractivity contribution in [3.8, 4) is 0 Å². The van der Waals surface area contributed by atoms with Crippen LogP contribution in [0.3, 0.4) is 0 Å². The third-order valence-corrected chi connectivity index (χ3v) is 2.06. The van der Waals surface area contributed by atoms with Crippen LogP contribution in [0.25, 0.3) is 0 Å². The third kappa shape index (κ3) is 3.38. The Kier molecular flexibility index (Phi) is 4.46. The molecule has 1 aromatic heterocycles. The number of hydrogen-bond acceptors (Lipinski definition) is 4. The molecule has 0 aliphatic carbocycles. The zero-order valence-electron chi connectivity index (χ0n) is 8.06. The number of hydrogen-bond donors (Lipinski definition) is 1. The van der Waals surface area contributed by atoms with Crippen LogP contribution >= 0.6 is 12.6 Å². The van der Waals surface area contributed by atoms with E-state index in [0.717, 1.165) is 11.3 Å². The minimum absolute atomic E-state index is 0.237. The highest BCUT2D eigenvalue weighted by Gasteiger charge is 2.04. The zero-order valence-corrected chi connectivity index (χ0v) is 8.96. The number of aromatic nitrogens is 1. The molecule has 0 unspecified atom stereocenters. The fourth-order valence-electron chi connectivity index (χ4n) is 1.01. The molecule has 0 aliphatic rings. The number of carbonyl (C=O) groups is 1. The largest absolute Gasteiger partial charge is 0.466 e. The summed E-state index contributed by atoms with van der Waals surface area (Å²) in [6.07, 6.45) is 1.96. The molecule has 76 valence electrons. The summed E-state index contributed by atoms with van der Waals surface area (Å²) in [6, 6.07) is 3.73. The van der Waals surface area contributed by atoms with Crippen molar-refractivity contribution < 1.29 is 9.53 Å². The standard InChI is InChI=1S/C10H13NO2S/c1-2-13-10(12)5-9-4-3-8(7-14)6-11-9/h3-4,6,14H,2,5,7H2,1H3. The van der Waals surface area contributed by atoms with E-state index in [9.17, 15) is 4.79 Å². The summed E-state index contributed by atoms with van der Waals surface area (Å²) in [5, 5.41) is 0. The van der Waals surface area contributed by atoms with Crippen LogP contribution in [-0.4, -0.2) is 17.6 Å². The SMILES string of the molecule is CCOC(=O)Cc1ccc(CS)cn1. The molecule has 14 heavy (non-hydrogen) atoms. The lowest BCUT2D eigenvalue weighted by atomic mass is 10.2. The van der Waals surface area contributed by atoms with Gasteiger partial charge in [-0.15, -0.1) is 0 Å². The molecule has 0 saturated heterocycles. The summed E-state index contributed by atoms with van der Waals surface area (Å²) >= 11 is 4.12. The Labute approximate surface area is 88.9 Å². The van der Waals surface area contributed by atoms with Crippen molar-refractivity contribution in [2.24, 2.45) is 0 Å². The predicted molar refractivity (Wildman–Crippen MR) is 57.3 cm³/mol. The number of rotatable bonds is 4. The van der Waals surface area contributed by atoms with E-state index < -0.39 is 0 Å². The quantitative estimate of drug-likeness (QED) is 0.607. The first-order chi connectivity index (χ1) is 6.76. The Hall–Kier alpha value is -1.03. The van der Waals surface area contributed by atoms with Crippen molar-refractivity contribution in [2.45, 2.75) is 19.1 Å². The Morgan fingerprint density at radius 3 is 2.86 bits per heavy atom. The highest BCUT2D eigenvalue weighted by molar-refractivity contribution is 7.79. The minimum atomic E-state index is -0.237. The minimum Gasteiger partial charge on any atom is -0.466 e. The van der Waals surface area contributed by atoms with Crippen molar-refractivity contribution in [1.82, 2.24) is 4.98 Å². The molecule has 1 aromatic rings. The monoisotopic (exact) mass is 211 g/mol. The Bertz CT molecular complexity index is 297. The van der Waals surface area contributed by atoms with E-state index in [-0.39, 0.29) is 12.4 Å². The lowest BCUT2D eigenvalue weighted by Crippen LogP contribution is -2.08. The van der Waals surface area contributed by atoms with Crippen LogP contribution in [-0.2, 0) is 21.7 Å². The number of ether oxygens (including phenoxy) is 1. The molecule has 0 fully saturated rings. The molecule has 1 heterocycles. The van der Waals surface area contributed by atoms with E-state index >= 15 is 0 Å². The lowest BCUT2D eigenvalue weighted by molar-refractivity contribution is -0.142. The fourth-order valence-corrected chi connectivity index (χ4v) is 1.20. The van der Waals surface area contributed by atoms with Gasteiger partial charge in [-0.1, -0.05) is 6.07 Å². The number of thiol groups is 1. The zero-order chi connectivity index (χ0) is 10.4. The second-order valence-electron chi connectivity index (χ2n) is 2.80. The van der Waals surface area contributed by atoms with Crippen molar-refractivity contribution in [2.75, 3.05) is 6.61 Å². The van der Waals surface area contributed by atoms with Gasteiger partial charge >= 0.3 is 5.97 Å². The van der Waals surface area contributed by atoms with Crippen LogP contribution in [0.5, 0.6) is 0 Å². The van der Waals surface area contributed by atoms with E-state index in [2.05, 4.69) is 17.6 Å². The Morgan fingerprint density at radius 2 is 2.36 bits per heavy atom. The van der Waals surface area contributed by atoms with Gasteiger partial charge in [0.15, 0.2) is 0 Å². The topological polar surface area (TPSA) is 39.2 Å². The van der Waals surface area contributed by atoms with Crippen LogP contribution in [0.2, 0.25) is 0 Å². The van der Waals surface area contributed by atoms with Gasteiger partial charge in [0.2, 0.25) is 0 Å². The van der Waals surface area contributed by atoms with E-state index in [1.165, 1.54) is 0 Å². The molecule has 1 rings (SSSR count). The highest BCUT2D eigenvalue weighted by Crippen LogP contribution is 2.04. The van der Waals surface area contributed by atoms with Crippen molar-refractivity contribution in [3.63, 3.8) is 0 Å². The number of pyridine rings is 1. The first-order valence-corrected chi connectivity index (χ1v) is 5.09. The van der Waals surface area contributed by atoms with Crippen molar-refractivity contribution in [1.29, 1.82) is 0 Å². The molecule has 0 spiro atoms. The van der Waals surface area contributed by atoms with Gasteiger partial charge in [-0.2, -0.15) is 12.6 Å². The summed E-state index contributed by atoms with van der Waals surface area (Å²) in [7, 11) is 0. The molecule has 0 radical (unpaired) electrons. The maximum atomic E-state index is 11.1. The summed E-state index contributed by atoms with van der Waals surface area (Å²) in [4.78, 5) is 15.2. The molecule has 0 N–H and O–H groups in total. The van der Waals surface area contributed by atoms with Gasteiger partial charge in [0.1, 0.15) is 0 Å². The highest BCUT2D eigenvalue weighted by atomic mass is 32.1. The van der Waals surface area contributed by atoms with Gasteiger partial charge in [-0.25, -0.2) is 0 Å². The molecule has 0 atom stereocenters. The number of esters is 1. The maximum Gasteiger partial charge on any atom is 0.311 e. The smallest absolute Gasteiger partial charge is 0.311 e. The second-order valence-corrected chi connectivity index (χ2v) is 3.11. The molecule has 4 heteroatoms. The number of nitrogens with zero attached hydrogens (tertiary/aromatic N) is 1. The van der Waals surface area contributed by atoms with Gasteiger partial charge in [-0.05, 0) is 18.6 Å². The summed E-state index contributed by atoms with van der Waals surface area (Å²) < 4.78 is 4.81. The van der Waals surface area contributed by atoms with E-state index in [1.54, 1.807) is 13.1 Å². The Morgan fingerprint density at radius 1 is 1.57 bits per heavy atom. The van der Waals surface area contributed by atoms with Gasteiger partial charge in [0.05, 0.1) is 18.7 Å². The predicted octanol–water partition coefficient (Wildman–Crippen LogP) is 1.62. The molecule has 0 saturated carbocycles. The van der Waals surface area contributed by atoms with Gasteiger partial charge in [0, 0.05) is 11.9 Å². The average Bonchev–Trinajstić information content (AvgIpc) is 2.19. The van der Waals surface area contributed by atoms with Crippen molar-refractivity contribution in [3.05, 3.63) is 29.6 Å². The van der Waals surface area contributed by atoms with Crippen molar-refractivity contribution >= 4 is 18.6 Å². The maximum absolute atomic E-state index is 11.1. The first-order valence-electron chi connectivity index (χ1n) is 4.46. The van der Waals surface area contributed by atoms with Gasteiger partial charge in [0.25, 0.3) is 0 Å². The molecule has 3 nitrogen and oxygen atoms in total. The van der Waals surface area contributed by atoms with Crippen LogP contribution in [0, 0.1) is 0 Å². The third-order valence-electron chi connectivity index (χ3n) is 1.70. The van der Waals surface area contributed by atoms with Gasteiger partial charge < -0.3 is 4.74 Å². The van der Waals surface area contributed by atoms with Crippen LogP contribution < -0.4 is 0 Å². The van der Waals surface area contributed by atoms with E-state index in [0.29, 0.717) is 12.4 Å². The second kappa shape index (κ2) is 5.65. The molecular weight excluding hydrogens is 198 g/mol. The van der Waals surface area contributed by atoms with Crippen LogP contribution in [0.1, 0.15) is 18.2 Å². The van der Waals surface area contributed by atoms with Crippen LogP contribution in [0.15, 0.2) is 18.3 Å². The fraction of sp³-hybridized carbons (Fsp3) is 0.400. The summed E-state index contributed by atoms with van der Waals surface area (Å²) in [6.45, 7) is 2.20. The first kappa shape index (κ1) is 11.0.